The highest BCUT2D eigenvalue weighted by atomic mass is 35.5. The van der Waals surface area contributed by atoms with Crippen LogP contribution in [0.4, 0.5) is 5.69 Å². The van der Waals surface area contributed by atoms with Crippen molar-refractivity contribution in [3.63, 3.8) is 0 Å². The second-order valence-corrected chi connectivity index (χ2v) is 7.17. The van der Waals surface area contributed by atoms with E-state index in [2.05, 4.69) is 5.32 Å². The molecule has 1 saturated carbocycles. The number of amides is 2. The maximum Gasteiger partial charge on any atom is 0.227 e. The molecule has 3 N–H and O–H groups in total. The minimum atomic E-state index is -0.282. The van der Waals surface area contributed by atoms with Crippen LogP contribution in [0.2, 0.25) is 0 Å². The third-order valence-corrected chi connectivity index (χ3v) is 5.40. The summed E-state index contributed by atoms with van der Waals surface area (Å²) in [7, 11) is 0. The first-order valence-corrected chi connectivity index (χ1v) is 9.29. The topological polar surface area (TPSA) is 75.4 Å². The van der Waals surface area contributed by atoms with E-state index >= 15 is 0 Å². The third-order valence-electron chi connectivity index (χ3n) is 4.65. The van der Waals surface area contributed by atoms with Crippen molar-refractivity contribution in [2.75, 3.05) is 24.2 Å². The van der Waals surface area contributed by atoms with Gasteiger partial charge in [-0.15, -0.1) is 24.2 Å². The van der Waals surface area contributed by atoms with Crippen LogP contribution >= 0.6 is 24.2 Å². The summed E-state index contributed by atoms with van der Waals surface area (Å²) in [5.41, 5.74) is 6.60. The number of rotatable bonds is 6. The Hall–Kier alpha value is -1.24. The summed E-state index contributed by atoms with van der Waals surface area (Å²) in [6.07, 6.45) is 4.57. The van der Waals surface area contributed by atoms with Crippen LogP contribution in [0.25, 0.3) is 0 Å². The predicted octanol–water partition coefficient (Wildman–Crippen LogP) is 2.04. The summed E-state index contributed by atoms with van der Waals surface area (Å²) < 4.78 is 0. The summed E-state index contributed by atoms with van der Waals surface area (Å²) in [5.74, 6) is 0.216. The quantitative estimate of drug-likeness (QED) is 0.752. The Kier molecular flexibility index (Phi) is 6.54. The Labute approximate surface area is 153 Å². The van der Waals surface area contributed by atoms with E-state index in [1.54, 1.807) is 16.7 Å². The van der Waals surface area contributed by atoms with Gasteiger partial charge in [0.15, 0.2) is 0 Å². The first-order valence-electron chi connectivity index (χ1n) is 8.07. The average molecular weight is 370 g/mol. The summed E-state index contributed by atoms with van der Waals surface area (Å²) in [6.45, 7) is 0.919. The molecule has 2 atom stereocenters. The van der Waals surface area contributed by atoms with Gasteiger partial charge in [-0.3, -0.25) is 9.59 Å². The Bertz CT molecular complexity index is 592. The first-order chi connectivity index (χ1) is 11.1. The molecule has 2 fully saturated rings. The van der Waals surface area contributed by atoms with Gasteiger partial charge in [0.05, 0.1) is 5.92 Å². The van der Waals surface area contributed by atoms with E-state index in [-0.39, 0.29) is 42.6 Å². The smallest absolute Gasteiger partial charge is 0.227 e. The van der Waals surface area contributed by atoms with Crippen molar-refractivity contribution in [2.24, 2.45) is 17.6 Å². The zero-order chi connectivity index (χ0) is 16.4. The van der Waals surface area contributed by atoms with Gasteiger partial charge in [0, 0.05) is 36.1 Å². The number of thioether (sulfide) groups is 1. The highest BCUT2D eigenvalue weighted by Gasteiger charge is 2.38. The third kappa shape index (κ3) is 4.23. The fraction of sp³-hybridized carbons (Fsp3) is 0.529. The second-order valence-electron chi connectivity index (χ2n) is 6.29. The summed E-state index contributed by atoms with van der Waals surface area (Å²) >= 11 is 1.66. The SMILES string of the molecule is CSc1ccc(N2CC(C(=O)NC(CN)C3CC3)CC2=O)cc1.Cl. The van der Waals surface area contributed by atoms with Crippen molar-refractivity contribution >= 4 is 41.7 Å². The van der Waals surface area contributed by atoms with Crippen LogP contribution in [0.3, 0.4) is 0 Å². The van der Waals surface area contributed by atoms with Crippen molar-refractivity contribution in [3.05, 3.63) is 24.3 Å². The van der Waals surface area contributed by atoms with Gasteiger partial charge < -0.3 is 16.0 Å². The molecular formula is C17H24ClN3O2S. The maximum atomic E-state index is 12.4. The normalized spacial score (nSPS) is 21.3. The molecule has 0 bridgehead atoms. The molecule has 1 aromatic rings. The fourth-order valence-corrected chi connectivity index (χ4v) is 3.47. The van der Waals surface area contributed by atoms with Crippen LogP contribution < -0.4 is 16.0 Å². The van der Waals surface area contributed by atoms with Gasteiger partial charge in [-0.25, -0.2) is 0 Å². The molecule has 1 aliphatic carbocycles. The van der Waals surface area contributed by atoms with Gasteiger partial charge >= 0.3 is 0 Å². The van der Waals surface area contributed by atoms with Crippen LogP contribution in [-0.4, -0.2) is 37.2 Å². The Morgan fingerprint density at radius 2 is 2.04 bits per heavy atom. The monoisotopic (exact) mass is 369 g/mol. The van der Waals surface area contributed by atoms with Gasteiger partial charge in [0.2, 0.25) is 11.8 Å². The number of anilines is 1. The summed E-state index contributed by atoms with van der Waals surface area (Å²) in [6, 6.07) is 7.94. The predicted molar refractivity (Wildman–Crippen MR) is 99.6 cm³/mol. The van der Waals surface area contributed by atoms with E-state index in [1.807, 2.05) is 30.5 Å². The molecule has 2 unspecified atom stereocenters. The van der Waals surface area contributed by atoms with Crippen molar-refractivity contribution in [1.29, 1.82) is 0 Å². The zero-order valence-electron chi connectivity index (χ0n) is 13.7. The van der Waals surface area contributed by atoms with Gasteiger partial charge in [-0.2, -0.15) is 0 Å². The maximum absolute atomic E-state index is 12.4. The van der Waals surface area contributed by atoms with E-state index in [0.29, 0.717) is 19.0 Å². The largest absolute Gasteiger partial charge is 0.352 e. The standard InChI is InChI=1S/C17H23N3O2S.ClH/c1-23-14-6-4-13(5-7-14)20-10-12(8-16(20)21)17(22)19-15(9-18)11-2-3-11;/h4-7,11-12,15H,2-3,8-10,18H2,1H3,(H,19,22);1H. The molecule has 132 valence electrons. The number of benzene rings is 1. The second kappa shape index (κ2) is 8.23. The molecule has 1 aliphatic heterocycles. The van der Waals surface area contributed by atoms with Crippen LogP contribution in [0, 0.1) is 11.8 Å². The average Bonchev–Trinajstić information content (AvgIpc) is 3.34. The number of hydrogen-bond acceptors (Lipinski definition) is 4. The molecular weight excluding hydrogens is 346 g/mol. The molecule has 3 rings (SSSR count). The molecule has 7 heteroatoms. The zero-order valence-corrected chi connectivity index (χ0v) is 15.4. The van der Waals surface area contributed by atoms with E-state index in [9.17, 15) is 9.59 Å². The molecule has 5 nitrogen and oxygen atoms in total. The van der Waals surface area contributed by atoms with Crippen LogP contribution in [0.5, 0.6) is 0 Å². The molecule has 2 aliphatic rings. The highest BCUT2D eigenvalue weighted by Crippen LogP contribution is 2.33. The molecule has 1 heterocycles. The van der Waals surface area contributed by atoms with Crippen LogP contribution in [0.1, 0.15) is 19.3 Å². The molecule has 0 aromatic heterocycles. The Balaban J connectivity index is 0.00000208. The number of nitrogens with zero attached hydrogens (tertiary/aromatic N) is 1. The summed E-state index contributed by atoms with van der Waals surface area (Å²) in [4.78, 5) is 27.6. The molecule has 0 radical (unpaired) electrons. The lowest BCUT2D eigenvalue weighted by atomic mass is 10.1. The summed E-state index contributed by atoms with van der Waals surface area (Å²) in [5, 5.41) is 3.04. The minimum Gasteiger partial charge on any atom is -0.352 e. The number of nitrogens with one attached hydrogen (secondary N) is 1. The van der Waals surface area contributed by atoms with E-state index in [4.69, 9.17) is 5.73 Å². The lowest BCUT2D eigenvalue weighted by Crippen LogP contribution is -2.45. The lowest BCUT2D eigenvalue weighted by Gasteiger charge is -2.20. The van der Waals surface area contributed by atoms with Gasteiger partial charge in [0.1, 0.15) is 0 Å². The van der Waals surface area contributed by atoms with Crippen molar-refractivity contribution in [3.8, 4) is 0 Å². The van der Waals surface area contributed by atoms with E-state index < -0.39 is 0 Å². The highest BCUT2D eigenvalue weighted by molar-refractivity contribution is 7.98. The number of halogens is 1. The van der Waals surface area contributed by atoms with E-state index in [1.165, 1.54) is 0 Å². The molecule has 24 heavy (non-hydrogen) atoms. The van der Waals surface area contributed by atoms with Crippen molar-refractivity contribution in [2.45, 2.75) is 30.2 Å². The van der Waals surface area contributed by atoms with Gasteiger partial charge in [-0.05, 0) is 49.3 Å². The lowest BCUT2D eigenvalue weighted by molar-refractivity contribution is -0.127. The number of nitrogens with two attached hydrogens (primary N) is 1. The van der Waals surface area contributed by atoms with Crippen LogP contribution in [0.15, 0.2) is 29.2 Å². The molecule has 1 saturated heterocycles. The first kappa shape index (κ1) is 19.1. The molecule has 1 aromatic carbocycles. The van der Waals surface area contributed by atoms with Crippen LogP contribution in [-0.2, 0) is 9.59 Å². The fourth-order valence-electron chi connectivity index (χ4n) is 3.06. The number of hydrogen-bond donors (Lipinski definition) is 2. The van der Waals surface area contributed by atoms with Crippen molar-refractivity contribution < 1.29 is 9.59 Å². The molecule has 0 spiro atoms. The van der Waals surface area contributed by atoms with E-state index in [0.717, 1.165) is 23.4 Å². The number of carbonyl (C=O) groups excluding carboxylic acids is 2. The number of carbonyl (C=O) groups is 2. The van der Waals surface area contributed by atoms with Crippen molar-refractivity contribution in [1.82, 2.24) is 5.32 Å². The van der Waals surface area contributed by atoms with Gasteiger partial charge in [-0.1, -0.05) is 0 Å². The molecule has 2 amide bonds. The minimum absolute atomic E-state index is 0. The Morgan fingerprint density at radius 3 is 2.58 bits per heavy atom. The van der Waals surface area contributed by atoms with Gasteiger partial charge in [0.25, 0.3) is 0 Å². The Morgan fingerprint density at radius 1 is 1.38 bits per heavy atom.